The molecule has 2 aliphatic heterocycles. The zero-order chi connectivity index (χ0) is 16.0. The molecule has 5 nitrogen and oxygen atoms in total. The highest BCUT2D eigenvalue weighted by Gasteiger charge is 2.53. The van der Waals surface area contributed by atoms with Gasteiger partial charge in [-0.2, -0.15) is 0 Å². The van der Waals surface area contributed by atoms with E-state index in [9.17, 15) is 9.90 Å². The van der Waals surface area contributed by atoms with E-state index >= 15 is 0 Å². The smallest absolute Gasteiger partial charge is 0.266 e. The molecule has 5 heteroatoms. The molecule has 1 aromatic carbocycles. The summed E-state index contributed by atoms with van der Waals surface area (Å²) in [6.07, 6.45) is 8.93. The number of allylic oxidation sites excluding steroid dienone is 3. The lowest BCUT2D eigenvalue weighted by Crippen LogP contribution is -2.40. The highest BCUT2D eigenvalue weighted by molar-refractivity contribution is 6.06. The molecule has 1 aliphatic carbocycles. The number of hydrogen-bond acceptors (Lipinski definition) is 4. The van der Waals surface area contributed by atoms with E-state index in [4.69, 9.17) is 9.47 Å². The van der Waals surface area contributed by atoms with E-state index in [2.05, 4.69) is 0 Å². The van der Waals surface area contributed by atoms with Gasteiger partial charge < -0.3 is 14.6 Å². The molecule has 1 saturated heterocycles. The lowest BCUT2D eigenvalue weighted by molar-refractivity contribution is -0.134. The number of aliphatic hydroxyl groups is 1. The maximum absolute atomic E-state index is 12.8. The largest absolute Gasteiger partial charge is 0.455 e. The number of fused-ring (bicyclic) bond motifs is 1. The van der Waals surface area contributed by atoms with Crippen molar-refractivity contribution in [3.63, 3.8) is 0 Å². The Morgan fingerprint density at radius 3 is 2.87 bits per heavy atom. The number of carbonyl (C=O) groups excluding carboxylic acids is 1. The normalized spacial score (nSPS) is 29.3. The van der Waals surface area contributed by atoms with Crippen molar-refractivity contribution in [3.8, 4) is 0 Å². The minimum atomic E-state index is -1.39. The molecular weight excluding hydrogens is 294 g/mol. The highest BCUT2D eigenvalue weighted by Crippen LogP contribution is 2.44. The molecule has 1 amide bonds. The minimum absolute atomic E-state index is 0.218. The van der Waals surface area contributed by atoms with Crippen molar-refractivity contribution in [3.05, 3.63) is 66.3 Å². The zero-order valence-corrected chi connectivity index (χ0v) is 12.7. The van der Waals surface area contributed by atoms with Gasteiger partial charge >= 0.3 is 0 Å². The SMILES string of the molecule is CC1(O)C(=O)N(c2cccc(C3OC=CO3)c2)C2=CC=CCC21. The Bertz CT molecular complexity index is 739. The first-order valence-corrected chi connectivity index (χ1v) is 7.58. The predicted octanol–water partition coefficient (Wildman–Crippen LogP) is 2.76. The van der Waals surface area contributed by atoms with Gasteiger partial charge in [0, 0.05) is 22.9 Å². The first kappa shape index (κ1) is 14.1. The summed E-state index contributed by atoms with van der Waals surface area (Å²) in [7, 11) is 0. The fraction of sp³-hybridized carbons (Fsp3) is 0.278. The number of hydrogen-bond donors (Lipinski definition) is 1. The summed E-state index contributed by atoms with van der Waals surface area (Å²) in [4.78, 5) is 14.4. The van der Waals surface area contributed by atoms with E-state index in [0.29, 0.717) is 12.1 Å². The monoisotopic (exact) mass is 311 g/mol. The lowest BCUT2D eigenvalue weighted by Gasteiger charge is -2.23. The molecule has 0 spiro atoms. The third kappa shape index (κ3) is 2.08. The number of ether oxygens (including phenoxy) is 2. The van der Waals surface area contributed by atoms with Crippen molar-refractivity contribution in [2.24, 2.45) is 5.92 Å². The van der Waals surface area contributed by atoms with Gasteiger partial charge in [-0.05, 0) is 31.6 Å². The van der Waals surface area contributed by atoms with Crippen LogP contribution in [0.25, 0.3) is 0 Å². The van der Waals surface area contributed by atoms with E-state index in [1.165, 1.54) is 12.5 Å². The van der Waals surface area contributed by atoms with Gasteiger partial charge in [0.2, 0.25) is 0 Å². The van der Waals surface area contributed by atoms with Crippen LogP contribution in [0.4, 0.5) is 5.69 Å². The summed E-state index contributed by atoms with van der Waals surface area (Å²) in [5, 5.41) is 10.6. The van der Waals surface area contributed by atoms with Gasteiger partial charge in [0.05, 0.1) is 0 Å². The van der Waals surface area contributed by atoms with Crippen LogP contribution < -0.4 is 4.90 Å². The van der Waals surface area contributed by atoms with Crippen molar-refractivity contribution in [2.45, 2.75) is 25.2 Å². The van der Waals surface area contributed by atoms with Gasteiger partial charge in [-0.3, -0.25) is 9.69 Å². The number of benzene rings is 1. The molecule has 118 valence electrons. The van der Waals surface area contributed by atoms with Crippen molar-refractivity contribution >= 4 is 11.6 Å². The number of nitrogens with zero attached hydrogens (tertiary/aromatic N) is 1. The molecule has 2 heterocycles. The standard InChI is InChI=1S/C18H17NO4/c1-18(21)14-7-2-3-8-15(14)19(17(18)20)13-6-4-5-12(11-13)16-22-9-10-23-16/h2-6,8-11,14,16,21H,7H2,1H3. The number of rotatable bonds is 2. The third-order valence-electron chi connectivity index (χ3n) is 4.57. The number of carbonyl (C=O) groups is 1. The Balaban J connectivity index is 1.74. The highest BCUT2D eigenvalue weighted by atomic mass is 16.7. The number of anilines is 1. The molecule has 0 radical (unpaired) electrons. The van der Waals surface area contributed by atoms with Crippen LogP contribution in [-0.2, 0) is 14.3 Å². The molecule has 0 aromatic heterocycles. The van der Waals surface area contributed by atoms with Crippen LogP contribution in [0.15, 0.2) is 60.7 Å². The molecular formula is C18H17NO4. The topological polar surface area (TPSA) is 59.0 Å². The zero-order valence-electron chi connectivity index (χ0n) is 12.7. The van der Waals surface area contributed by atoms with Crippen LogP contribution in [0.5, 0.6) is 0 Å². The molecule has 2 unspecified atom stereocenters. The van der Waals surface area contributed by atoms with E-state index in [0.717, 1.165) is 11.3 Å². The second-order valence-electron chi connectivity index (χ2n) is 6.07. The average Bonchev–Trinajstić information content (AvgIpc) is 3.16. The molecule has 1 fully saturated rings. The van der Waals surface area contributed by atoms with Crippen molar-refractivity contribution in [1.29, 1.82) is 0 Å². The van der Waals surface area contributed by atoms with Crippen LogP contribution in [-0.4, -0.2) is 16.6 Å². The molecule has 3 aliphatic rings. The lowest BCUT2D eigenvalue weighted by atomic mass is 9.85. The van der Waals surface area contributed by atoms with E-state index in [1.54, 1.807) is 11.8 Å². The maximum Gasteiger partial charge on any atom is 0.266 e. The second-order valence-corrected chi connectivity index (χ2v) is 6.07. The van der Waals surface area contributed by atoms with Crippen molar-refractivity contribution in [2.75, 3.05) is 4.90 Å². The van der Waals surface area contributed by atoms with Crippen LogP contribution in [0.1, 0.15) is 25.2 Å². The summed E-state index contributed by atoms with van der Waals surface area (Å²) >= 11 is 0. The van der Waals surface area contributed by atoms with Gasteiger partial charge in [-0.1, -0.05) is 24.3 Å². The Morgan fingerprint density at radius 2 is 2.09 bits per heavy atom. The van der Waals surface area contributed by atoms with Crippen molar-refractivity contribution in [1.82, 2.24) is 0 Å². The predicted molar refractivity (Wildman–Crippen MR) is 83.9 cm³/mol. The van der Waals surface area contributed by atoms with E-state index in [-0.39, 0.29) is 11.8 Å². The van der Waals surface area contributed by atoms with Gasteiger partial charge in [-0.25, -0.2) is 0 Å². The summed E-state index contributed by atoms with van der Waals surface area (Å²) < 4.78 is 10.7. The molecule has 4 rings (SSSR count). The maximum atomic E-state index is 12.8. The summed E-state index contributed by atoms with van der Waals surface area (Å²) in [6, 6.07) is 7.44. The average molecular weight is 311 g/mol. The van der Waals surface area contributed by atoms with E-state index in [1.807, 2.05) is 42.5 Å². The molecule has 0 saturated carbocycles. The van der Waals surface area contributed by atoms with Crippen molar-refractivity contribution < 1.29 is 19.4 Å². The summed E-state index contributed by atoms with van der Waals surface area (Å²) in [5.74, 6) is -0.523. The Morgan fingerprint density at radius 1 is 1.30 bits per heavy atom. The fourth-order valence-corrected chi connectivity index (χ4v) is 3.33. The van der Waals surface area contributed by atoms with Gasteiger partial charge in [0.15, 0.2) is 0 Å². The first-order valence-electron chi connectivity index (χ1n) is 7.58. The molecule has 2 atom stereocenters. The van der Waals surface area contributed by atoms with Gasteiger partial charge in [0.25, 0.3) is 12.2 Å². The van der Waals surface area contributed by atoms with Crippen LogP contribution >= 0.6 is 0 Å². The van der Waals surface area contributed by atoms with Crippen LogP contribution in [0.2, 0.25) is 0 Å². The molecule has 1 aromatic rings. The Hall–Kier alpha value is -2.53. The molecule has 1 N–H and O–H groups in total. The minimum Gasteiger partial charge on any atom is -0.455 e. The quantitative estimate of drug-likeness (QED) is 0.912. The Kier molecular flexibility index (Phi) is 3.06. The molecule has 23 heavy (non-hydrogen) atoms. The van der Waals surface area contributed by atoms with Crippen LogP contribution in [0.3, 0.4) is 0 Å². The second kappa shape index (κ2) is 4.99. The fourth-order valence-electron chi connectivity index (χ4n) is 3.33. The number of amides is 1. The summed E-state index contributed by atoms with van der Waals surface area (Å²) in [5.41, 5.74) is 0.950. The van der Waals surface area contributed by atoms with Gasteiger partial charge in [0.1, 0.15) is 18.1 Å². The molecule has 0 bridgehead atoms. The Labute approximate surface area is 134 Å². The van der Waals surface area contributed by atoms with E-state index < -0.39 is 11.9 Å². The third-order valence-corrected chi connectivity index (χ3v) is 4.57. The summed E-state index contributed by atoms with van der Waals surface area (Å²) in [6.45, 7) is 1.59. The first-order chi connectivity index (χ1) is 11.1. The van der Waals surface area contributed by atoms with Gasteiger partial charge in [-0.15, -0.1) is 0 Å². The van der Waals surface area contributed by atoms with Crippen LogP contribution in [0, 0.1) is 5.92 Å².